The Labute approximate surface area is 161 Å². The molecule has 4 aliphatic carbocycles. The van der Waals surface area contributed by atoms with E-state index in [2.05, 4.69) is 32.0 Å². The van der Waals surface area contributed by atoms with E-state index in [1.54, 1.807) is 0 Å². The molecule has 0 radical (unpaired) electrons. The van der Waals surface area contributed by atoms with Crippen LogP contribution in [0.15, 0.2) is 18.2 Å². The number of benzene rings is 1. The SMILES string of the molecule is COc1cc[c-]cc1C12CC3CC(C)(CC(C)(C3)C1)C2.[Br-].[Mg+2]. The molecular formula is C19H25BrMgO. The Bertz CT molecular complexity index is 540. The molecule has 2 atom stereocenters. The smallest absolute Gasteiger partial charge is 1.00 e. The molecule has 116 valence electrons. The van der Waals surface area contributed by atoms with Crippen molar-refractivity contribution in [3.63, 3.8) is 0 Å². The van der Waals surface area contributed by atoms with Gasteiger partial charge in [0.2, 0.25) is 0 Å². The van der Waals surface area contributed by atoms with Crippen molar-refractivity contribution < 1.29 is 21.7 Å². The first kappa shape index (κ1) is 18.6. The minimum atomic E-state index is 0. The van der Waals surface area contributed by atoms with E-state index in [0.717, 1.165) is 11.7 Å². The van der Waals surface area contributed by atoms with Crippen molar-refractivity contribution in [1.29, 1.82) is 0 Å². The number of methoxy groups -OCH3 is 1. The van der Waals surface area contributed by atoms with Crippen LogP contribution >= 0.6 is 0 Å². The van der Waals surface area contributed by atoms with Gasteiger partial charge in [0.05, 0.1) is 7.11 Å². The maximum Gasteiger partial charge on any atom is 2.00 e. The van der Waals surface area contributed by atoms with Crippen molar-refractivity contribution in [3.8, 4) is 5.75 Å². The third-order valence-electron chi connectivity index (χ3n) is 6.24. The first-order valence-electron chi connectivity index (χ1n) is 8.01. The van der Waals surface area contributed by atoms with Gasteiger partial charge in [-0.2, -0.15) is 18.2 Å². The zero-order valence-corrected chi connectivity index (χ0v) is 17.0. The van der Waals surface area contributed by atoms with E-state index in [-0.39, 0.29) is 40.0 Å². The average Bonchev–Trinajstić information content (AvgIpc) is 2.34. The summed E-state index contributed by atoms with van der Waals surface area (Å²) in [5, 5.41) is 0. The first-order valence-corrected chi connectivity index (χ1v) is 8.01. The first-order chi connectivity index (χ1) is 9.46. The topological polar surface area (TPSA) is 9.23 Å². The second-order valence-corrected chi connectivity index (χ2v) is 8.54. The zero-order valence-electron chi connectivity index (χ0n) is 14.0. The maximum atomic E-state index is 5.68. The Kier molecular flexibility index (Phi) is 5.04. The molecule has 0 aromatic heterocycles. The van der Waals surface area contributed by atoms with Crippen LogP contribution in [0.2, 0.25) is 0 Å². The maximum absolute atomic E-state index is 5.68. The third-order valence-corrected chi connectivity index (χ3v) is 6.24. The van der Waals surface area contributed by atoms with Crippen LogP contribution in [-0.2, 0) is 5.41 Å². The summed E-state index contributed by atoms with van der Waals surface area (Å²) < 4.78 is 5.68. The molecule has 0 saturated heterocycles. The minimum Gasteiger partial charge on any atom is -1.00 e. The fourth-order valence-corrected chi connectivity index (χ4v) is 6.76. The summed E-state index contributed by atoms with van der Waals surface area (Å²) in [4.78, 5) is 0. The van der Waals surface area contributed by atoms with Crippen LogP contribution in [0.3, 0.4) is 0 Å². The van der Waals surface area contributed by atoms with Crippen LogP contribution in [0.4, 0.5) is 0 Å². The number of rotatable bonds is 2. The van der Waals surface area contributed by atoms with Gasteiger partial charge in [0.1, 0.15) is 0 Å². The fourth-order valence-electron chi connectivity index (χ4n) is 6.76. The van der Waals surface area contributed by atoms with E-state index >= 15 is 0 Å². The molecule has 0 spiro atoms. The molecule has 2 unspecified atom stereocenters. The fraction of sp³-hybridized carbons (Fsp3) is 0.684. The number of halogens is 1. The monoisotopic (exact) mass is 372 g/mol. The molecule has 0 N–H and O–H groups in total. The summed E-state index contributed by atoms with van der Waals surface area (Å²) in [6.45, 7) is 5.06. The Morgan fingerprint density at radius 1 is 1.09 bits per heavy atom. The zero-order chi connectivity index (χ0) is 14.0. The Hall–Kier alpha value is 0.266. The standard InChI is InChI=1S/C19H25O.BrH.Mg/c1-17-8-14-9-18(2,11-17)13-19(10-14,12-17)15-6-4-5-7-16(15)20-3;;/h5-7,14H,8-13H2,1-3H3;1H;/q-1;;+2/p-1. The molecule has 0 amide bonds. The molecule has 4 bridgehead atoms. The summed E-state index contributed by atoms with van der Waals surface area (Å²) in [5.41, 5.74) is 2.89. The Morgan fingerprint density at radius 2 is 1.73 bits per heavy atom. The van der Waals surface area contributed by atoms with E-state index in [1.165, 1.54) is 44.1 Å². The molecule has 0 heterocycles. The predicted molar refractivity (Wildman–Crippen MR) is 86.7 cm³/mol. The molecule has 5 rings (SSSR count). The van der Waals surface area contributed by atoms with Gasteiger partial charge in [-0.1, -0.05) is 20.3 Å². The summed E-state index contributed by atoms with van der Waals surface area (Å²) in [6.07, 6.45) is 8.39. The largest absolute Gasteiger partial charge is 2.00 e. The molecule has 1 aromatic carbocycles. The minimum absolute atomic E-state index is 0. The van der Waals surface area contributed by atoms with Gasteiger partial charge in [-0.15, -0.1) is 11.6 Å². The van der Waals surface area contributed by atoms with Crippen LogP contribution in [0.25, 0.3) is 0 Å². The van der Waals surface area contributed by atoms with Gasteiger partial charge in [-0.05, 0) is 54.3 Å². The summed E-state index contributed by atoms with van der Waals surface area (Å²) in [7, 11) is 1.81. The van der Waals surface area contributed by atoms with Crippen molar-refractivity contribution in [3.05, 3.63) is 29.8 Å². The van der Waals surface area contributed by atoms with Gasteiger partial charge in [0, 0.05) is 5.75 Å². The molecular weight excluding hydrogens is 348 g/mol. The van der Waals surface area contributed by atoms with Crippen molar-refractivity contribution in [2.75, 3.05) is 7.11 Å². The van der Waals surface area contributed by atoms with E-state index < -0.39 is 0 Å². The molecule has 1 aromatic rings. The van der Waals surface area contributed by atoms with Crippen molar-refractivity contribution in [2.24, 2.45) is 16.7 Å². The Balaban J connectivity index is 0.000000882. The van der Waals surface area contributed by atoms with Crippen molar-refractivity contribution >= 4 is 23.1 Å². The normalized spacial score (nSPS) is 41.5. The van der Waals surface area contributed by atoms with Crippen LogP contribution in [0.5, 0.6) is 5.75 Å². The number of hydrogen-bond donors (Lipinski definition) is 0. The van der Waals surface area contributed by atoms with Gasteiger partial charge in [-0.25, -0.2) is 0 Å². The second-order valence-electron chi connectivity index (χ2n) is 8.54. The van der Waals surface area contributed by atoms with E-state index in [9.17, 15) is 0 Å². The quantitative estimate of drug-likeness (QED) is 0.562. The molecule has 4 saturated carbocycles. The van der Waals surface area contributed by atoms with Gasteiger partial charge in [0.15, 0.2) is 0 Å². The Morgan fingerprint density at radius 3 is 2.27 bits per heavy atom. The molecule has 4 fully saturated rings. The van der Waals surface area contributed by atoms with Crippen LogP contribution in [0.1, 0.15) is 57.9 Å². The second kappa shape index (κ2) is 5.96. The van der Waals surface area contributed by atoms with Gasteiger partial charge >= 0.3 is 23.1 Å². The van der Waals surface area contributed by atoms with Gasteiger partial charge in [-0.3, -0.25) is 0 Å². The molecule has 22 heavy (non-hydrogen) atoms. The van der Waals surface area contributed by atoms with E-state index in [4.69, 9.17) is 4.74 Å². The summed E-state index contributed by atoms with van der Waals surface area (Å²) in [6, 6.07) is 9.59. The predicted octanol–water partition coefficient (Wildman–Crippen LogP) is 1.37. The van der Waals surface area contributed by atoms with Crippen molar-refractivity contribution in [1.82, 2.24) is 0 Å². The summed E-state index contributed by atoms with van der Waals surface area (Å²) >= 11 is 0. The van der Waals surface area contributed by atoms with Crippen molar-refractivity contribution in [2.45, 2.75) is 57.8 Å². The summed E-state index contributed by atoms with van der Waals surface area (Å²) in [5.74, 6) is 2.00. The van der Waals surface area contributed by atoms with E-state index in [0.29, 0.717) is 16.2 Å². The molecule has 3 heteroatoms. The molecule has 0 aliphatic heterocycles. The average molecular weight is 374 g/mol. The van der Waals surface area contributed by atoms with Crippen LogP contribution in [0, 0.1) is 22.8 Å². The van der Waals surface area contributed by atoms with Gasteiger partial charge in [0.25, 0.3) is 0 Å². The van der Waals surface area contributed by atoms with E-state index in [1.807, 2.05) is 13.2 Å². The number of ether oxygens (including phenoxy) is 1. The van der Waals surface area contributed by atoms with Gasteiger partial charge < -0.3 is 21.7 Å². The van der Waals surface area contributed by atoms with Crippen LogP contribution in [-0.4, -0.2) is 30.2 Å². The molecule has 4 aliphatic rings. The molecule has 1 nitrogen and oxygen atoms in total. The van der Waals surface area contributed by atoms with Crippen LogP contribution < -0.4 is 21.7 Å². The number of hydrogen-bond acceptors (Lipinski definition) is 1. The third kappa shape index (κ3) is 2.75.